The van der Waals surface area contributed by atoms with Crippen molar-refractivity contribution in [3.63, 3.8) is 0 Å². The third kappa shape index (κ3) is 1.78. The lowest BCUT2D eigenvalue weighted by atomic mass is 9.61. The van der Waals surface area contributed by atoms with Gasteiger partial charge in [0.05, 0.1) is 0 Å². The molecule has 3 atom stereocenters. The number of fused-ring (bicyclic) bond motifs is 1. The molecule has 0 aromatic heterocycles. The van der Waals surface area contributed by atoms with Gasteiger partial charge < -0.3 is 10.5 Å². The van der Waals surface area contributed by atoms with Crippen molar-refractivity contribution in [3.8, 4) is 0 Å². The molecule has 0 radical (unpaired) electrons. The van der Waals surface area contributed by atoms with Crippen LogP contribution in [-0.2, 0) is 9.53 Å². The molecule has 15 heavy (non-hydrogen) atoms. The Morgan fingerprint density at radius 1 is 1.40 bits per heavy atom. The van der Waals surface area contributed by atoms with Gasteiger partial charge in [0.2, 0.25) is 0 Å². The first-order valence-corrected chi connectivity index (χ1v) is 5.85. The zero-order chi connectivity index (χ0) is 11.3. The number of carbonyl (C=O) groups is 1. The highest BCUT2D eigenvalue weighted by atomic mass is 16.6. The van der Waals surface area contributed by atoms with Crippen molar-refractivity contribution in [1.29, 1.82) is 0 Å². The molecule has 0 aromatic rings. The monoisotopic (exact) mass is 211 g/mol. The molecule has 86 valence electrons. The molecule has 0 bridgehead atoms. The highest BCUT2D eigenvalue weighted by molar-refractivity contribution is 5.83. The average Bonchev–Trinajstić information content (AvgIpc) is 2.43. The number of hydrogen-bond acceptors (Lipinski definition) is 3. The summed E-state index contributed by atoms with van der Waals surface area (Å²) in [4.78, 5) is 12.0. The Morgan fingerprint density at radius 3 is 2.60 bits per heavy atom. The summed E-state index contributed by atoms with van der Waals surface area (Å²) in [6, 6.07) is 0. The fraction of sp³-hybridized carbons (Fsp3) is 0.917. The van der Waals surface area contributed by atoms with Crippen LogP contribution in [-0.4, -0.2) is 17.1 Å². The number of nitrogens with two attached hydrogens (primary N) is 1. The highest BCUT2D eigenvalue weighted by Crippen LogP contribution is 2.53. The van der Waals surface area contributed by atoms with Crippen molar-refractivity contribution in [1.82, 2.24) is 0 Å². The molecule has 0 spiro atoms. The predicted molar refractivity (Wildman–Crippen MR) is 58.2 cm³/mol. The summed E-state index contributed by atoms with van der Waals surface area (Å²) in [5.74, 6) is 0.869. The van der Waals surface area contributed by atoms with E-state index in [-0.39, 0.29) is 5.97 Å². The third-order valence-electron chi connectivity index (χ3n) is 3.70. The van der Waals surface area contributed by atoms with Crippen LogP contribution >= 0.6 is 0 Å². The van der Waals surface area contributed by atoms with Crippen molar-refractivity contribution in [2.45, 2.75) is 57.6 Å². The minimum atomic E-state index is -0.672. The van der Waals surface area contributed by atoms with Gasteiger partial charge in [0.15, 0.2) is 0 Å². The van der Waals surface area contributed by atoms with Gasteiger partial charge in [-0.25, -0.2) is 0 Å². The van der Waals surface area contributed by atoms with Crippen molar-refractivity contribution < 1.29 is 9.53 Å². The molecule has 2 saturated carbocycles. The molecule has 2 aliphatic carbocycles. The van der Waals surface area contributed by atoms with Gasteiger partial charge in [-0.3, -0.25) is 4.79 Å². The Kier molecular flexibility index (Phi) is 2.34. The van der Waals surface area contributed by atoms with Crippen LogP contribution in [0.2, 0.25) is 0 Å². The Labute approximate surface area is 91.4 Å². The average molecular weight is 211 g/mol. The smallest absolute Gasteiger partial charge is 0.326 e. The maximum absolute atomic E-state index is 12.0. The molecular formula is C12H21NO2. The van der Waals surface area contributed by atoms with Crippen molar-refractivity contribution in [3.05, 3.63) is 0 Å². The molecule has 3 unspecified atom stereocenters. The first kappa shape index (κ1) is 10.9. The summed E-state index contributed by atoms with van der Waals surface area (Å²) >= 11 is 0. The van der Waals surface area contributed by atoms with Crippen LogP contribution in [0.5, 0.6) is 0 Å². The molecule has 0 aliphatic heterocycles. The molecule has 2 N–H and O–H groups in total. The largest absolute Gasteiger partial charge is 0.459 e. The molecule has 3 heteroatoms. The van der Waals surface area contributed by atoms with E-state index in [4.69, 9.17) is 10.5 Å². The second-order valence-corrected chi connectivity index (χ2v) is 6.04. The lowest BCUT2D eigenvalue weighted by Gasteiger charge is -2.48. The van der Waals surface area contributed by atoms with Crippen molar-refractivity contribution >= 4 is 5.97 Å². The summed E-state index contributed by atoms with van der Waals surface area (Å²) in [5, 5.41) is 0. The van der Waals surface area contributed by atoms with E-state index in [2.05, 4.69) is 0 Å². The number of esters is 1. The third-order valence-corrected chi connectivity index (χ3v) is 3.70. The maximum Gasteiger partial charge on any atom is 0.326 e. The van der Waals surface area contributed by atoms with Gasteiger partial charge in [0, 0.05) is 0 Å². The molecule has 0 aromatic carbocycles. The van der Waals surface area contributed by atoms with Crippen LogP contribution in [0.15, 0.2) is 0 Å². The number of ether oxygens (including phenoxy) is 1. The topological polar surface area (TPSA) is 52.3 Å². The van der Waals surface area contributed by atoms with Crippen LogP contribution in [0.1, 0.15) is 46.5 Å². The lowest BCUT2D eigenvalue weighted by molar-refractivity contribution is -0.171. The molecule has 0 saturated heterocycles. The molecule has 2 aliphatic rings. The summed E-state index contributed by atoms with van der Waals surface area (Å²) < 4.78 is 5.39. The minimum absolute atomic E-state index is 0.196. The zero-order valence-electron chi connectivity index (χ0n) is 9.88. The molecule has 0 amide bonds. The summed E-state index contributed by atoms with van der Waals surface area (Å²) in [6.45, 7) is 5.66. The van der Waals surface area contributed by atoms with Crippen LogP contribution in [0.4, 0.5) is 0 Å². The molecule has 2 rings (SSSR count). The van der Waals surface area contributed by atoms with E-state index >= 15 is 0 Å². The quantitative estimate of drug-likeness (QED) is 0.673. The standard InChI is InChI=1S/C12H21NO2/c1-11(2,3)15-10(14)12(13)7-8-5-4-6-9(8)12/h8-9H,4-7,13H2,1-3H3. The van der Waals surface area contributed by atoms with E-state index < -0.39 is 11.1 Å². The Morgan fingerprint density at radius 2 is 2.07 bits per heavy atom. The first-order valence-electron chi connectivity index (χ1n) is 5.85. The van der Waals surface area contributed by atoms with Gasteiger partial charge in [-0.1, -0.05) is 12.8 Å². The van der Waals surface area contributed by atoms with Gasteiger partial charge in [-0.05, 0) is 45.4 Å². The van der Waals surface area contributed by atoms with E-state index in [1.807, 2.05) is 20.8 Å². The Bertz CT molecular complexity index is 282. The minimum Gasteiger partial charge on any atom is -0.459 e. The first-order chi connectivity index (χ1) is 6.83. The van der Waals surface area contributed by atoms with Gasteiger partial charge in [0.25, 0.3) is 0 Å². The van der Waals surface area contributed by atoms with Crippen LogP contribution < -0.4 is 5.73 Å². The van der Waals surface area contributed by atoms with Crippen molar-refractivity contribution in [2.24, 2.45) is 17.6 Å². The van der Waals surface area contributed by atoms with Gasteiger partial charge >= 0.3 is 5.97 Å². The van der Waals surface area contributed by atoms with E-state index in [0.717, 1.165) is 12.8 Å². The van der Waals surface area contributed by atoms with Crippen LogP contribution in [0.25, 0.3) is 0 Å². The second kappa shape index (κ2) is 3.21. The zero-order valence-corrected chi connectivity index (χ0v) is 9.88. The molecule has 0 heterocycles. The van der Waals surface area contributed by atoms with Gasteiger partial charge in [-0.15, -0.1) is 0 Å². The van der Waals surface area contributed by atoms with E-state index in [1.54, 1.807) is 0 Å². The SMILES string of the molecule is CC(C)(C)OC(=O)C1(N)CC2CCCC21. The van der Waals surface area contributed by atoms with Crippen LogP contribution in [0.3, 0.4) is 0 Å². The Balaban J connectivity index is 2.02. The molecular weight excluding hydrogens is 190 g/mol. The maximum atomic E-state index is 12.0. The summed E-state index contributed by atoms with van der Waals surface area (Å²) in [6.07, 6.45) is 4.39. The number of carbonyl (C=O) groups excluding carboxylic acids is 1. The molecule has 2 fully saturated rings. The summed E-state index contributed by atoms with van der Waals surface area (Å²) in [5.41, 5.74) is 5.07. The number of rotatable bonds is 1. The second-order valence-electron chi connectivity index (χ2n) is 6.04. The fourth-order valence-electron chi connectivity index (χ4n) is 2.99. The predicted octanol–water partition coefficient (Wildman–Crippen LogP) is 1.85. The fourth-order valence-corrected chi connectivity index (χ4v) is 2.99. The normalized spacial score (nSPS) is 39.5. The number of hydrogen-bond donors (Lipinski definition) is 1. The summed E-state index contributed by atoms with van der Waals surface area (Å²) in [7, 11) is 0. The van der Waals surface area contributed by atoms with E-state index in [9.17, 15) is 4.79 Å². The Hall–Kier alpha value is -0.570. The molecule has 3 nitrogen and oxygen atoms in total. The van der Waals surface area contributed by atoms with Crippen LogP contribution in [0, 0.1) is 11.8 Å². The van der Waals surface area contributed by atoms with E-state index in [0.29, 0.717) is 11.8 Å². The highest BCUT2D eigenvalue weighted by Gasteiger charge is 2.58. The van der Waals surface area contributed by atoms with E-state index in [1.165, 1.54) is 12.8 Å². The van der Waals surface area contributed by atoms with Gasteiger partial charge in [0.1, 0.15) is 11.1 Å². The lowest BCUT2D eigenvalue weighted by Crippen LogP contribution is -2.65. The van der Waals surface area contributed by atoms with Crippen molar-refractivity contribution in [2.75, 3.05) is 0 Å². The van der Waals surface area contributed by atoms with Gasteiger partial charge in [-0.2, -0.15) is 0 Å².